The van der Waals surface area contributed by atoms with Gasteiger partial charge in [0.1, 0.15) is 5.76 Å². The van der Waals surface area contributed by atoms with Crippen molar-refractivity contribution < 1.29 is 23.5 Å². The van der Waals surface area contributed by atoms with Crippen molar-refractivity contribution in [2.24, 2.45) is 0 Å². The molecule has 0 bridgehead atoms. The zero-order chi connectivity index (χ0) is 24.6. The van der Waals surface area contributed by atoms with Crippen molar-refractivity contribution in [3.8, 4) is 0 Å². The summed E-state index contributed by atoms with van der Waals surface area (Å²) in [5.74, 6) is -1.32. The Bertz CT molecular complexity index is 1050. The van der Waals surface area contributed by atoms with E-state index in [-0.39, 0.29) is 11.5 Å². The van der Waals surface area contributed by atoms with Crippen molar-refractivity contribution in [3.63, 3.8) is 0 Å². The zero-order valence-corrected chi connectivity index (χ0v) is 21.2. The number of ketones is 1. The van der Waals surface area contributed by atoms with Crippen LogP contribution in [0.3, 0.4) is 0 Å². The Morgan fingerprint density at radius 1 is 1.03 bits per heavy atom. The minimum Gasteiger partial charge on any atom is -0.543 e. The number of benzene rings is 2. The second-order valence-corrected chi connectivity index (χ2v) is 14.1. The predicted molar refractivity (Wildman–Crippen MR) is 132 cm³/mol. The number of rotatable bonds is 9. The maximum absolute atomic E-state index is 12.9. The van der Waals surface area contributed by atoms with Gasteiger partial charge < -0.3 is 14.7 Å². The van der Waals surface area contributed by atoms with Crippen molar-refractivity contribution in [1.29, 1.82) is 0 Å². The van der Waals surface area contributed by atoms with Crippen LogP contribution in [0.4, 0.5) is 0 Å². The first-order valence-corrected chi connectivity index (χ1v) is 13.8. The first-order valence-electron chi connectivity index (χ1n) is 10.8. The second-order valence-electron chi connectivity index (χ2n) is 9.34. The van der Waals surface area contributed by atoms with Gasteiger partial charge in [0.15, 0.2) is 0 Å². The molecule has 0 saturated carbocycles. The Balaban J connectivity index is 2.58. The lowest BCUT2D eigenvalue weighted by atomic mass is 9.91. The topological polar surface area (TPSA) is 89.0 Å². The largest absolute Gasteiger partial charge is 0.543 e. The van der Waals surface area contributed by atoms with E-state index in [4.69, 9.17) is 4.43 Å². The van der Waals surface area contributed by atoms with E-state index in [2.05, 4.69) is 43.4 Å². The molecule has 0 aliphatic rings. The molecule has 0 saturated heterocycles. The monoisotopic (exact) mass is 464 g/mol. The van der Waals surface area contributed by atoms with Crippen LogP contribution in [0.25, 0.3) is 11.3 Å². The smallest absolute Gasteiger partial charge is 0.441 e. The minimum atomic E-state index is -2.20. The van der Waals surface area contributed by atoms with E-state index in [9.17, 15) is 15.1 Å². The standard InChI is InChI=1S/C26H32N2O4Si/c1-26(2,3)33(5,6)32-23(20-15-11-8-12-16-20)18-21(19-13-9-7-10-14-19)17-22(29)24(28-27)25(30)31-4/h7-16,18,21H,17H2,1-6H3/b23-18+. The third-order valence-electron chi connectivity index (χ3n) is 5.96. The van der Waals surface area contributed by atoms with Crippen LogP contribution >= 0.6 is 0 Å². The Kier molecular flexibility index (Phi) is 8.68. The number of Topliss-reactive ketones (excluding diaryl/α,β-unsaturated/α-hetero) is 1. The van der Waals surface area contributed by atoms with E-state index < -0.39 is 31.7 Å². The molecule has 2 rings (SSSR count). The van der Waals surface area contributed by atoms with Gasteiger partial charge in [-0.1, -0.05) is 81.4 Å². The summed E-state index contributed by atoms with van der Waals surface area (Å²) in [5, 5.41) is -0.0272. The summed E-state index contributed by atoms with van der Waals surface area (Å²) in [7, 11) is -1.07. The van der Waals surface area contributed by atoms with Crippen molar-refractivity contribution in [2.45, 2.75) is 51.2 Å². The molecule has 7 heteroatoms. The number of carbonyl (C=O) groups is 2. The van der Waals surface area contributed by atoms with Crippen LogP contribution in [0, 0.1) is 0 Å². The molecular weight excluding hydrogens is 432 g/mol. The molecule has 0 amide bonds. The molecule has 0 heterocycles. The maximum atomic E-state index is 12.9. The highest BCUT2D eigenvalue weighted by molar-refractivity contribution is 6.74. The first-order chi connectivity index (χ1) is 15.5. The maximum Gasteiger partial charge on any atom is 0.441 e. The average molecular weight is 465 g/mol. The van der Waals surface area contributed by atoms with E-state index in [0.717, 1.165) is 18.2 Å². The summed E-state index contributed by atoms with van der Waals surface area (Å²) < 4.78 is 11.3. The van der Waals surface area contributed by atoms with E-state index in [0.29, 0.717) is 5.76 Å². The van der Waals surface area contributed by atoms with Crippen LogP contribution in [0.5, 0.6) is 0 Å². The van der Waals surface area contributed by atoms with Gasteiger partial charge >= 0.3 is 11.7 Å². The Morgan fingerprint density at radius 2 is 1.58 bits per heavy atom. The summed E-state index contributed by atoms with van der Waals surface area (Å²) in [4.78, 5) is 27.6. The van der Waals surface area contributed by atoms with E-state index in [1.165, 1.54) is 0 Å². The van der Waals surface area contributed by atoms with Crippen molar-refractivity contribution in [3.05, 3.63) is 83.4 Å². The summed E-state index contributed by atoms with van der Waals surface area (Å²) in [6.45, 7) is 10.8. The molecule has 6 nitrogen and oxygen atoms in total. The van der Waals surface area contributed by atoms with Crippen molar-refractivity contribution in [1.82, 2.24) is 0 Å². The van der Waals surface area contributed by atoms with Gasteiger partial charge in [-0.3, -0.25) is 4.79 Å². The number of hydrogen-bond acceptors (Lipinski definition) is 4. The molecular formula is C26H32N2O4Si. The van der Waals surface area contributed by atoms with E-state index in [1.807, 2.05) is 66.7 Å². The number of methoxy groups -OCH3 is 1. The molecule has 0 aliphatic heterocycles. The van der Waals surface area contributed by atoms with Crippen LogP contribution in [-0.2, 0) is 18.8 Å². The molecule has 0 aromatic heterocycles. The van der Waals surface area contributed by atoms with E-state index >= 15 is 0 Å². The fraction of sp³-hybridized carbons (Fsp3) is 0.346. The van der Waals surface area contributed by atoms with Crippen LogP contribution < -0.4 is 0 Å². The summed E-state index contributed by atoms with van der Waals surface area (Å²) in [6, 6.07) is 19.3. The number of carbonyl (C=O) groups excluding carboxylic acids is 2. The lowest BCUT2D eigenvalue weighted by Crippen LogP contribution is -2.40. The van der Waals surface area contributed by atoms with Gasteiger partial charge in [0.25, 0.3) is 5.78 Å². The highest BCUT2D eigenvalue weighted by Crippen LogP contribution is 2.40. The molecule has 0 aliphatic carbocycles. The summed E-state index contributed by atoms with van der Waals surface area (Å²) >= 11 is 0. The average Bonchev–Trinajstić information content (AvgIpc) is 2.78. The van der Waals surface area contributed by atoms with Crippen LogP contribution in [0.2, 0.25) is 18.1 Å². The van der Waals surface area contributed by atoms with Gasteiger partial charge in [-0.25, -0.2) is 4.79 Å². The van der Waals surface area contributed by atoms with Gasteiger partial charge in [-0.15, -0.1) is 0 Å². The number of ether oxygens (including phenoxy) is 1. The number of esters is 1. The first kappa shape index (κ1) is 26.0. The van der Waals surface area contributed by atoms with Crippen molar-refractivity contribution in [2.75, 3.05) is 7.11 Å². The Hall–Kier alpha value is -3.28. The van der Waals surface area contributed by atoms with Crippen molar-refractivity contribution >= 4 is 31.5 Å². The molecule has 0 spiro atoms. The van der Waals surface area contributed by atoms with Gasteiger partial charge in [-0.2, -0.15) is 4.79 Å². The highest BCUT2D eigenvalue weighted by Gasteiger charge is 2.40. The SMILES string of the molecule is COC(=O)C(=[N+]=[N-])C(=O)CC(/C=C(/O[Si](C)(C)C(C)(C)C)c1ccccc1)c1ccccc1. The molecule has 2 aromatic rings. The Labute approximate surface area is 197 Å². The van der Waals surface area contributed by atoms with E-state index in [1.54, 1.807) is 0 Å². The summed E-state index contributed by atoms with van der Waals surface area (Å²) in [5.41, 5.74) is 10.4. The van der Waals surface area contributed by atoms with Gasteiger partial charge in [0.2, 0.25) is 8.32 Å². The van der Waals surface area contributed by atoms with Gasteiger partial charge in [0, 0.05) is 17.9 Å². The third-order valence-corrected chi connectivity index (χ3v) is 10.3. The zero-order valence-electron chi connectivity index (χ0n) is 20.2. The molecule has 1 atom stereocenters. The predicted octanol–water partition coefficient (Wildman–Crippen LogP) is 5.64. The molecule has 0 radical (unpaired) electrons. The number of nitrogens with zero attached hydrogens (tertiary/aromatic N) is 2. The molecule has 0 fully saturated rings. The molecule has 2 aromatic carbocycles. The fourth-order valence-corrected chi connectivity index (χ4v) is 4.02. The second kappa shape index (κ2) is 11.0. The quantitative estimate of drug-likeness (QED) is 0.0914. The van der Waals surface area contributed by atoms with Gasteiger partial charge in [0.05, 0.1) is 7.11 Å². The van der Waals surface area contributed by atoms with Gasteiger partial charge in [-0.05, 0) is 29.8 Å². The van der Waals surface area contributed by atoms with Crippen LogP contribution in [0.1, 0.15) is 44.2 Å². The normalized spacial score (nSPS) is 13.0. The molecule has 174 valence electrons. The lowest BCUT2D eigenvalue weighted by molar-refractivity contribution is -0.139. The summed E-state index contributed by atoms with van der Waals surface area (Å²) in [6.07, 6.45) is 1.84. The van der Waals surface area contributed by atoms with Crippen LogP contribution in [-0.4, -0.2) is 37.7 Å². The third kappa shape index (κ3) is 6.85. The number of allylic oxidation sites excluding steroid dienone is 1. The Morgan fingerprint density at radius 3 is 2.06 bits per heavy atom. The van der Waals surface area contributed by atoms with Crippen LogP contribution in [0.15, 0.2) is 66.7 Å². The number of hydrogen-bond donors (Lipinski definition) is 0. The lowest BCUT2D eigenvalue weighted by Gasteiger charge is -2.37. The molecule has 0 N–H and O–H groups in total. The fourth-order valence-electron chi connectivity index (χ4n) is 2.98. The highest BCUT2D eigenvalue weighted by atomic mass is 28.4. The molecule has 33 heavy (non-hydrogen) atoms. The minimum absolute atomic E-state index is 0.0272. The molecule has 1 unspecified atom stereocenters.